The smallest absolute Gasteiger partial charge is 0.225 e. The molecule has 0 amide bonds. The fourth-order valence-electron chi connectivity index (χ4n) is 1.92. The Morgan fingerprint density at radius 1 is 1.38 bits per heavy atom. The maximum atomic E-state index is 4.46. The molecule has 1 saturated heterocycles. The van der Waals surface area contributed by atoms with Gasteiger partial charge in [-0.05, 0) is 18.4 Å². The van der Waals surface area contributed by atoms with E-state index in [-0.39, 0.29) is 0 Å². The normalized spacial score (nSPS) is 21.5. The van der Waals surface area contributed by atoms with Crippen molar-refractivity contribution < 1.29 is 0 Å². The number of hydrogen-bond acceptors (Lipinski definition) is 4. The number of piperazine rings is 1. The Morgan fingerprint density at radius 3 is 2.62 bits per heavy atom. The maximum Gasteiger partial charge on any atom is 0.225 e. The molecule has 1 aliphatic heterocycles. The van der Waals surface area contributed by atoms with Gasteiger partial charge in [0.05, 0.1) is 0 Å². The maximum absolute atomic E-state index is 4.46. The van der Waals surface area contributed by atoms with Crippen LogP contribution in [-0.2, 0) is 0 Å². The van der Waals surface area contributed by atoms with Crippen LogP contribution in [0.15, 0.2) is 12.4 Å². The third kappa shape index (κ3) is 2.32. The first-order valence-electron chi connectivity index (χ1n) is 5.98. The summed E-state index contributed by atoms with van der Waals surface area (Å²) in [5.41, 5.74) is 1.20. The van der Waals surface area contributed by atoms with Crippen molar-refractivity contribution in [3.8, 4) is 0 Å². The minimum Gasteiger partial charge on any atom is -0.336 e. The number of hydrogen-bond donors (Lipinski definition) is 1. The molecular formula is C12H20N4. The van der Waals surface area contributed by atoms with Crippen LogP contribution in [0.2, 0.25) is 0 Å². The average Bonchev–Trinajstić information content (AvgIpc) is 2.30. The van der Waals surface area contributed by atoms with E-state index in [0.29, 0.717) is 12.0 Å². The minimum atomic E-state index is 0.471. The zero-order valence-corrected chi connectivity index (χ0v) is 10.3. The zero-order chi connectivity index (χ0) is 11.5. The van der Waals surface area contributed by atoms with Crippen molar-refractivity contribution in [1.29, 1.82) is 0 Å². The summed E-state index contributed by atoms with van der Waals surface area (Å²) >= 11 is 0. The van der Waals surface area contributed by atoms with Crippen LogP contribution in [0.5, 0.6) is 0 Å². The van der Waals surface area contributed by atoms with Gasteiger partial charge in [0, 0.05) is 38.1 Å². The lowest BCUT2D eigenvalue weighted by atomic mass is 10.1. The Hall–Kier alpha value is -1.16. The topological polar surface area (TPSA) is 41.1 Å². The second-order valence-corrected chi connectivity index (χ2v) is 4.72. The zero-order valence-electron chi connectivity index (χ0n) is 10.3. The fourth-order valence-corrected chi connectivity index (χ4v) is 1.92. The summed E-state index contributed by atoms with van der Waals surface area (Å²) in [6, 6.07) is 0.471. The van der Waals surface area contributed by atoms with Crippen molar-refractivity contribution in [2.45, 2.75) is 32.7 Å². The summed E-state index contributed by atoms with van der Waals surface area (Å²) in [6.45, 7) is 9.53. The first kappa shape index (κ1) is 11.3. The molecule has 1 aliphatic rings. The molecule has 2 heterocycles. The lowest BCUT2D eigenvalue weighted by molar-refractivity contribution is 0.492. The summed E-state index contributed by atoms with van der Waals surface area (Å²) in [6.07, 6.45) is 3.89. The van der Waals surface area contributed by atoms with E-state index in [4.69, 9.17) is 0 Å². The quantitative estimate of drug-likeness (QED) is 0.818. The summed E-state index contributed by atoms with van der Waals surface area (Å²) in [5.74, 6) is 1.35. The van der Waals surface area contributed by atoms with Crippen LogP contribution < -0.4 is 10.2 Å². The molecule has 1 fully saturated rings. The van der Waals surface area contributed by atoms with Crippen LogP contribution in [0, 0.1) is 0 Å². The number of nitrogens with one attached hydrogen (secondary N) is 1. The predicted molar refractivity (Wildman–Crippen MR) is 65.8 cm³/mol. The van der Waals surface area contributed by atoms with Gasteiger partial charge < -0.3 is 10.2 Å². The summed E-state index contributed by atoms with van der Waals surface area (Å²) < 4.78 is 0. The third-order valence-electron chi connectivity index (χ3n) is 3.08. The standard InChI is InChI=1S/C12H20N4/c1-9(2)11-7-14-12(15-8-11)16-5-4-13-6-10(16)3/h7-10,13H,4-6H2,1-3H3. The average molecular weight is 220 g/mol. The molecule has 1 N–H and O–H groups in total. The van der Waals surface area contributed by atoms with Crippen LogP contribution in [0.3, 0.4) is 0 Å². The number of anilines is 1. The van der Waals surface area contributed by atoms with Crippen LogP contribution in [0.4, 0.5) is 5.95 Å². The van der Waals surface area contributed by atoms with E-state index in [1.165, 1.54) is 5.56 Å². The van der Waals surface area contributed by atoms with Gasteiger partial charge >= 0.3 is 0 Å². The van der Waals surface area contributed by atoms with E-state index < -0.39 is 0 Å². The molecule has 4 nitrogen and oxygen atoms in total. The van der Waals surface area contributed by atoms with Gasteiger partial charge in [0.2, 0.25) is 5.95 Å². The largest absolute Gasteiger partial charge is 0.336 e. The van der Waals surface area contributed by atoms with Gasteiger partial charge in [-0.2, -0.15) is 0 Å². The van der Waals surface area contributed by atoms with Crippen molar-refractivity contribution >= 4 is 5.95 Å². The van der Waals surface area contributed by atoms with E-state index >= 15 is 0 Å². The summed E-state index contributed by atoms with van der Waals surface area (Å²) in [7, 11) is 0. The SMILES string of the molecule is CC(C)c1cnc(N2CCNCC2C)nc1. The fraction of sp³-hybridized carbons (Fsp3) is 0.667. The van der Waals surface area contributed by atoms with Crippen molar-refractivity contribution in [3.05, 3.63) is 18.0 Å². The van der Waals surface area contributed by atoms with Gasteiger partial charge in [0.1, 0.15) is 0 Å². The Labute approximate surface area is 97.1 Å². The van der Waals surface area contributed by atoms with Crippen molar-refractivity contribution in [2.24, 2.45) is 0 Å². The molecule has 0 radical (unpaired) electrons. The Balaban J connectivity index is 2.14. The molecule has 0 bridgehead atoms. The second kappa shape index (κ2) is 4.78. The lowest BCUT2D eigenvalue weighted by Crippen LogP contribution is -2.50. The van der Waals surface area contributed by atoms with Crippen LogP contribution in [0.25, 0.3) is 0 Å². The van der Waals surface area contributed by atoms with E-state index in [0.717, 1.165) is 25.6 Å². The number of aromatic nitrogens is 2. The molecule has 2 rings (SSSR count). The summed E-state index contributed by atoms with van der Waals surface area (Å²) in [5, 5.41) is 3.37. The monoisotopic (exact) mass is 220 g/mol. The van der Waals surface area contributed by atoms with Crippen molar-refractivity contribution in [1.82, 2.24) is 15.3 Å². The van der Waals surface area contributed by atoms with Gasteiger partial charge in [-0.15, -0.1) is 0 Å². The van der Waals surface area contributed by atoms with Crippen LogP contribution >= 0.6 is 0 Å². The van der Waals surface area contributed by atoms with Gasteiger partial charge in [-0.1, -0.05) is 13.8 Å². The van der Waals surface area contributed by atoms with E-state index in [1.54, 1.807) is 0 Å². The molecule has 88 valence electrons. The highest BCUT2D eigenvalue weighted by Crippen LogP contribution is 2.16. The number of nitrogens with zero attached hydrogens (tertiary/aromatic N) is 3. The molecule has 0 aromatic carbocycles. The predicted octanol–water partition coefficient (Wildman–Crippen LogP) is 1.40. The highest BCUT2D eigenvalue weighted by atomic mass is 15.3. The van der Waals surface area contributed by atoms with Gasteiger partial charge in [0.25, 0.3) is 0 Å². The van der Waals surface area contributed by atoms with Crippen molar-refractivity contribution in [2.75, 3.05) is 24.5 Å². The molecule has 0 spiro atoms. The van der Waals surface area contributed by atoms with E-state index in [1.807, 2.05) is 12.4 Å². The third-order valence-corrected chi connectivity index (χ3v) is 3.08. The van der Waals surface area contributed by atoms with E-state index in [2.05, 4.69) is 41.0 Å². The Bertz CT molecular complexity index is 333. The van der Waals surface area contributed by atoms with Crippen molar-refractivity contribution in [3.63, 3.8) is 0 Å². The molecule has 16 heavy (non-hydrogen) atoms. The van der Waals surface area contributed by atoms with Gasteiger partial charge in [-0.3, -0.25) is 0 Å². The Morgan fingerprint density at radius 2 is 2.06 bits per heavy atom. The highest BCUT2D eigenvalue weighted by molar-refractivity contribution is 5.33. The van der Waals surface area contributed by atoms with Gasteiger partial charge in [0.15, 0.2) is 0 Å². The molecular weight excluding hydrogens is 200 g/mol. The molecule has 0 saturated carbocycles. The van der Waals surface area contributed by atoms with Gasteiger partial charge in [-0.25, -0.2) is 9.97 Å². The minimum absolute atomic E-state index is 0.471. The van der Waals surface area contributed by atoms with E-state index in [9.17, 15) is 0 Å². The molecule has 4 heteroatoms. The first-order valence-corrected chi connectivity index (χ1v) is 5.98. The lowest BCUT2D eigenvalue weighted by Gasteiger charge is -2.33. The highest BCUT2D eigenvalue weighted by Gasteiger charge is 2.20. The molecule has 1 atom stereocenters. The summed E-state index contributed by atoms with van der Waals surface area (Å²) in [4.78, 5) is 11.2. The molecule has 0 aliphatic carbocycles. The molecule has 1 unspecified atom stereocenters. The Kier molecular flexibility index (Phi) is 3.39. The van der Waals surface area contributed by atoms with Crippen LogP contribution in [-0.4, -0.2) is 35.6 Å². The second-order valence-electron chi connectivity index (χ2n) is 4.72. The van der Waals surface area contributed by atoms with Crippen LogP contribution in [0.1, 0.15) is 32.3 Å². The molecule has 1 aromatic rings. The first-order chi connectivity index (χ1) is 7.68. The molecule has 1 aromatic heterocycles. The number of rotatable bonds is 2.